The van der Waals surface area contributed by atoms with Gasteiger partial charge in [0.05, 0.1) is 5.39 Å². The molecule has 0 spiro atoms. The minimum Gasteiger partial charge on any atom is -0.369 e. The molecule has 0 aliphatic rings. The highest BCUT2D eigenvalue weighted by molar-refractivity contribution is 5.80. The molecule has 0 aromatic carbocycles. The Balaban J connectivity index is 2.73. The fourth-order valence-corrected chi connectivity index (χ4v) is 1.84. The van der Waals surface area contributed by atoms with E-state index in [9.17, 15) is 4.79 Å². The lowest BCUT2D eigenvalue weighted by atomic mass is 10.2. The summed E-state index contributed by atoms with van der Waals surface area (Å²) in [6.07, 6.45) is 1.91. The number of nitrogen functional groups attached to an aromatic ring is 1. The van der Waals surface area contributed by atoms with Crippen molar-refractivity contribution in [2.45, 2.75) is 6.54 Å². The number of rotatable bonds is 2. The van der Waals surface area contributed by atoms with Crippen LogP contribution >= 0.6 is 0 Å². The van der Waals surface area contributed by atoms with Gasteiger partial charge in [-0.2, -0.15) is 4.98 Å². The number of fused-ring (bicyclic) bond motifs is 1. The average Bonchev–Trinajstić information content (AvgIpc) is 2.42. The van der Waals surface area contributed by atoms with Gasteiger partial charge in [0, 0.05) is 19.8 Å². The van der Waals surface area contributed by atoms with Gasteiger partial charge in [-0.1, -0.05) is 0 Å². The van der Waals surface area contributed by atoms with Crippen molar-refractivity contribution in [3.8, 4) is 0 Å². The highest BCUT2D eigenvalue weighted by Crippen LogP contribution is 2.16. The third-order valence-corrected chi connectivity index (χ3v) is 2.41. The number of hydrogen-bond acceptors (Lipinski definition) is 4. The molecule has 2 aromatic heterocycles. The molecule has 0 radical (unpaired) electrons. The minimum absolute atomic E-state index is 0.148. The van der Waals surface area contributed by atoms with E-state index in [0.29, 0.717) is 17.6 Å². The van der Waals surface area contributed by atoms with Crippen molar-refractivity contribution in [3.63, 3.8) is 0 Å². The van der Waals surface area contributed by atoms with Gasteiger partial charge in [0.2, 0.25) is 5.95 Å². The molecule has 2 rings (SSSR count). The first kappa shape index (κ1) is 10.7. The summed E-state index contributed by atoms with van der Waals surface area (Å²) in [6, 6.07) is 0. The molecule has 6 nitrogen and oxygen atoms in total. The maximum absolute atomic E-state index is 11.8. The average molecular weight is 221 g/mol. The number of hydrogen-bond donors (Lipinski definition) is 2. The summed E-state index contributed by atoms with van der Waals surface area (Å²) in [6.45, 7) is 0.700. The normalized spacial score (nSPS) is 11.5. The second-order valence-corrected chi connectivity index (χ2v) is 4.15. The van der Waals surface area contributed by atoms with Crippen molar-refractivity contribution < 1.29 is 0 Å². The summed E-state index contributed by atoms with van der Waals surface area (Å²) in [5.41, 5.74) is 6.91. The van der Waals surface area contributed by atoms with Crippen molar-refractivity contribution >= 4 is 17.0 Å². The van der Waals surface area contributed by atoms with E-state index in [1.54, 1.807) is 0 Å². The Hall–Kier alpha value is -1.82. The third-order valence-electron chi connectivity index (χ3n) is 2.41. The van der Waals surface area contributed by atoms with Gasteiger partial charge >= 0.3 is 0 Å². The van der Waals surface area contributed by atoms with Crippen LogP contribution in [0.2, 0.25) is 0 Å². The molecule has 0 unspecified atom stereocenters. The molecule has 0 fully saturated rings. The predicted octanol–water partition coefficient (Wildman–Crippen LogP) is -0.0946. The summed E-state index contributed by atoms with van der Waals surface area (Å²) in [7, 11) is 5.77. The number of aryl methyl sites for hydroxylation is 1. The van der Waals surface area contributed by atoms with Gasteiger partial charge < -0.3 is 15.2 Å². The smallest absolute Gasteiger partial charge is 0.262 e. The van der Waals surface area contributed by atoms with Crippen LogP contribution in [0.3, 0.4) is 0 Å². The van der Waals surface area contributed by atoms with E-state index in [1.807, 2.05) is 36.8 Å². The molecule has 86 valence electrons. The van der Waals surface area contributed by atoms with Crippen LogP contribution in [0.1, 0.15) is 5.56 Å². The molecular formula is C10H15N5O. The van der Waals surface area contributed by atoms with E-state index in [1.165, 1.54) is 0 Å². The van der Waals surface area contributed by atoms with Gasteiger partial charge in [0.25, 0.3) is 5.56 Å². The molecular weight excluding hydrogens is 206 g/mol. The van der Waals surface area contributed by atoms with Crippen LogP contribution in [0, 0.1) is 0 Å². The molecule has 16 heavy (non-hydrogen) atoms. The zero-order valence-electron chi connectivity index (χ0n) is 9.61. The van der Waals surface area contributed by atoms with Crippen LogP contribution < -0.4 is 11.3 Å². The SMILES string of the molecule is CN(C)Cc1cn(C)c2nc(N)[nH]c(=O)c12. The Morgan fingerprint density at radius 2 is 2.25 bits per heavy atom. The van der Waals surface area contributed by atoms with Crippen molar-refractivity contribution in [2.75, 3.05) is 19.8 Å². The minimum atomic E-state index is -0.181. The largest absolute Gasteiger partial charge is 0.369 e. The molecule has 0 bridgehead atoms. The molecule has 6 heteroatoms. The summed E-state index contributed by atoms with van der Waals surface area (Å²) < 4.78 is 1.82. The van der Waals surface area contributed by atoms with E-state index in [0.717, 1.165) is 5.56 Å². The first-order valence-electron chi connectivity index (χ1n) is 4.97. The number of anilines is 1. The van der Waals surface area contributed by atoms with Crippen LogP contribution in [-0.2, 0) is 13.6 Å². The quantitative estimate of drug-likeness (QED) is 0.742. The van der Waals surface area contributed by atoms with Gasteiger partial charge in [-0.05, 0) is 19.7 Å². The van der Waals surface area contributed by atoms with E-state index in [4.69, 9.17) is 5.73 Å². The first-order chi connectivity index (χ1) is 7.49. The second kappa shape index (κ2) is 3.64. The van der Waals surface area contributed by atoms with Crippen LogP contribution in [0.15, 0.2) is 11.0 Å². The van der Waals surface area contributed by atoms with Gasteiger partial charge in [-0.15, -0.1) is 0 Å². The van der Waals surface area contributed by atoms with Crippen molar-refractivity contribution in [2.24, 2.45) is 7.05 Å². The molecule has 0 saturated heterocycles. The van der Waals surface area contributed by atoms with Crippen molar-refractivity contribution in [1.82, 2.24) is 19.4 Å². The summed E-state index contributed by atoms with van der Waals surface area (Å²) in [5.74, 6) is 0.148. The summed E-state index contributed by atoms with van der Waals surface area (Å²) >= 11 is 0. The Labute approximate surface area is 92.7 Å². The predicted molar refractivity (Wildman–Crippen MR) is 63.1 cm³/mol. The Bertz CT molecular complexity index is 581. The lowest BCUT2D eigenvalue weighted by Crippen LogP contribution is -2.15. The van der Waals surface area contributed by atoms with Crippen LogP contribution in [0.5, 0.6) is 0 Å². The summed E-state index contributed by atoms with van der Waals surface area (Å²) in [4.78, 5) is 20.5. The van der Waals surface area contributed by atoms with E-state index in [2.05, 4.69) is 9.97 Å². The fraction of sp³-hybridized carbons (Fsp3) is 0.400. The maximum atomic E-state index is 11.8. The zero-order chi connectivity index (χ0) is 11.9. The topological polar surface area (TPSA) is 79.9 Å². The maximum Gasteiger partial charge on any atom is 0.262 e. The monoisotopic (exact) mass is 221 g/mol. The van der Waals surface area contributed by atoms with Crippen molar-refractivity contribution in [3.05, 3.63) is 22.1 Å². The molecule has 3 N–H and O–H groups in total. The van der Waals surface area contributed by atoms with Crippen molar-refractivity contribution in [1.29, 1.82) is 0 Å². The summed E-state index contributed by atoms with van der Waals surface area (Å²) in [5, 5.41) is 0.616. The number of nitrogens with one attached hydrogen (secondary N) is 1. The van der Waals surface area contributed by atoms with E-state index < -0.39 is 0 Å². The standard InChI is InChI=1S/C10H15N5O/c1-14(2)4-6-5-15(3)8-7(6)9(16)13-10(11)12-8/h5H,4H2,1-3H3,(H3,11,12,13,16). The Morgan fingerprint density at radius 3 is 2.88 bits per heavy atom. The van der Waals surface area contributed by atoms with Crippen LogP contribution in [-0.4, -0.2) is 33.5 Å². The highest BCUT2D eigenvalue weighted by atomic mass is 16.1. The number of H-pyrrole nitrogens is 1. The van der Waals surface area contributed by atoms with Gasteiger partial charge in [0.1, 0.15) is 5.65 Å². The lowest BCUT2D eigenvalue weighted by Gasteiger charge is -2.07. The molecule has 0 aliphatic carbocycles. The first-order valence-corrected chi connectivity index (χ1v) is 4.97. The molecule has 2 aromatic rings. The molecule has 0 saturated carbocycles. The van der Waals surface area contributed by atoms with Gasteiger partial charge in [-0.3, -0.25) is 9.78 Å². The van der Waals surface area contributed by atoms with E-state index in [-0.39, 0.29) is 11.5 Å². The molecule has 2 heterocycles. The zero-order valence-corrected chi connectivity index (χ0v) is 9.61. The number of aromatic amines is 1. The second-order valence-electron chi connectivity index (χ2n) is 4.15. The Morgan fingerprint density at radius 1 is 1.56 bits per heavy atom. The van der Waals surface area contributed by atoms with Crippen LogP contribution in [0.25, 0.3) is 11.0 Å². The number of aromatic nitrogens is 3. The molecule has 0 aliphatic heterocycles. The molecule has 0 amide bonds. The van der Waals surface area contributed by atoms with E-state index >= 15 is 0 Å². The number of nitrogens with two attached hydrogens (primary N) is 1. The van der Waals surface area contributed by atoms with Crippen LogP contribution in [0.4, 0.5) is 5.95 Å². The fourth-order valence-electron chi connectivity index (χ4n) is 1.84. The van der Waals surface area contributed by atoms with Gasteiger partial charge in [-0.25, -0.2) is 0 Å². The highest BCUT2D eigenvalue weighted by Gasteiger charge is 2.12. The Kier molecular flexibility index (Phi) is 2.43. The molecule has 0 atom stereocenters. The number of nitrogens with zero attached hydrogens (tertiary/aromatic N) is 3. The van der Waals surface area contributed by atoms with Gasteiger partial charge in [0.15, 0.2) is 0 Å². The third kappa shape index (κ3) is 1.67. The lowest BCUT2D eigenvalue weighted by molar-refractivity contribution is 0.403.